The Balaban J connectivity index is 0.000000123. The lowest BCUT2D eigenvalue weighted by molar-refractivity contribution is -0.139. The van der Waals surface area contributed by atoms with Crippen molar-refractivity contribution in [3.8, 4) is 0 Å². The number of fused-ring (bicyclic) bond motifs is 4. The maximum Gasteiger partial charge on any atom is 0.303 e. The van der Waals surface area contributed by atoms with Crippen molar-refractivity contribution in [2.24, 2.45) is 23.7 Å². The first-order valence-corrected chi connectivity index (χ1v) is 35.7. The van der Waals surface area contributed by atoms with E-state index in [1.807, 2.05) is 19.6 Å². The summed E-state index contributed by atoms with van der Waals surface area (Å²) in [6.45, 7) is 11.3. The molecule has 0 aromatic carbocycles. The van der Waals surface area contributed by atoms with Gasteiger partial charge in [0.2, 0.25) is 23.8 Å². The van der Waals surface area contributed by atoms with Crippen LogP contribution < -0.4 is 39.2 Å². The van der Waals surface area contributed by atoms with Crippen LogP contribution in [0.3, 0.4) is 0 Å². The molecule has 568 valence electrons. The second kappa shape index (κ2) is 28.2. The fourth-order valence-electron chi connectivity index (χ4n) is 16.2. The number of carbonyl (C=O) groups is 4. The van der Waals surface area contributed by atoms with Gasteiger partial charge in [0.05, 0.1) is 50.3 Å². The summed E-state index contributed by atoms with van der Waals surface area (Å²) < 4.78 is 169. The van der Waals surface area contributed by atoms with E-state index in [2.05, 4.69) is 39.9 Å². The van der Waals surface area contributed by atoms with E-state index in [-0.39, 0.29) is 173 Å². The summed E-state index contributed by atoms with van der Waals surface area (Å²) in [4.78, 5) is 92.1. The number of hydrogen-bond donors (Lipinski definition) is 4. The van der Waals surface area contributed by atoms with Crippen LogP contribution in [0.25, 0.3) is 0 Å². The van der Waals surface area contributed by atoms with Crippen LogP contribution in [0.4, 0.5) is 99.7 Å². The summed E-state index contributed by atoms with van der Waals surface area (Å²) in [6, 6.07) is -1.74. The molecule has 16 rings (SSSR count). The minimum absolute atomic E-state index is 0.0263. The number of rotatable bonds is 16. The van der Waals surface area contributed by atoms with Gasteiger partial charge < -0.3 is 59.6 Å². The number of aliphatic carboxylic acids is 4. The van der Waals surface area contributed by atoms with Gasteiger partial charge in [-0.25, -0.2) is 37.5 Å². The molecular weight excluding hydrogens is 1400 g/mol. The second-order valence-corrected chi connectivity index (χ2v) is 29.9. The van der Waals surface area contributed by atoms with Gasteiger partial charge in [0.15, 0.2) is 0 Å². The topological polar surface area (TPSA) is 278 Å². The number of halogens is 12. The zero-order valence-corrected chi connectivity index (χ0v) is 57.8. The summed E-state index contributed by atoms with van der Waals surface area (Å²) in [7, 11) is 0. The number of aromatic nitrogens is 8. The fourth-order valence-corrected chi connectivity index (χ4v) is 16.2. The van der Waals surface area contributed by atoms with Crippen molar-refractivity contribution < 1.29 is 92.3 Å². The van der Waals surface area contributed by atoms with Gasteiger partial charge in [-0.15, -0.1) is 0 Å². The molecule has 24 nitrogen and oxygen atoms in total. The summed E-state index contributed by atoms with van der Waals surface area (Å²) in [5.41, 5.74) is 0.753. The number of alkyl halides is 12. The van der Waals surface area contributed by atoms with E-state index >= 15 is 0 Å². The number of hydrogen-bond acceptors (Lipinski definition) is 20. The van der Waals surface area contributed by atoms with Crippen LogP contribution in [-0.4, -0.2) is 212 Å². The SMILES string of the molecule is C[C@@H]1[C@H](F)CN1c1nc(N2CC[C@@H](CC(=O)O)C2)c2c(n1)C(F)(F)CC2.C[C@@H]1[C@H](F)CN1c1nc(N2CC[C@H](CC(=O)O)C2)c2c(n1)C(F)(F)CC2.C[C@H]1[C@@H](F)CN1c1nc(N2CC[C@@H](CC(=O)O)C2)c2c(n1)C(F)(F)CC2.C[C@H]1[C@@H](F)CN1c1nc(N2CC[C@H](CC(=O)O)C2)c2c(n1)C(F)(F)CC2. The Hall–Kier alpha value is -8.24. The molecular formula is C68H84F12N16O8. The molecule has 8 fully saturated rings. The van der Waals surface area contributed by atoms with Crippen molar-refractivity contribution in [3.63, 3.8) is 0 Å². The highest BCUT2D eigenvalue weighted by Crippen LogP contribution is 2.51. The van der Waals surface area contributed by atoms with Gasteiger partial charge in [-0.2, -0.15) is 55.1 Å². The quantitative estimate of drug-likeness (QED) is 0.0760. The maximum absolute atomic E-state index is 14.3. The average Bonchev–Trinajstić information content (AvgIpc) is 1.49. The number of carboxylic acids is 4. The predicted molar refractivity (Wildman–Crippen MR) is 354 cm³/mol. The zero-order valence-electron chi connectivity index (χ0n) is 57.8. The lowest BCUT2D eigenvalue weighted by Crippen LogP contribution is -2.57. The van der Waals surface area contributed by atoms with Crippen LogP contribution in [-0.2, 0) is 68.6 Å². The van der Waals surface area contributed by atoms with Crippen LogP contribution in [0.5, 0.6) is 0 Å². The van der Waals surface area contributed by atoms with Gasteiger partial charge in [-0.05, 0) is 103 Å². The number of carboxylic acid groups (broad SMARTS) is 4. The van der Waals surface area contributed by atoms with Crippen molar-refractivity contribution in [2.75, 3.05) is 118 Å². The van der Waals surface area contributed by atoms with Gasteiger partial charge >= 0.3 is 23.9 Å². The molecule has 8 aliphatic heterocycles. The van der Waals surface area contributed by atoms with Crippen LogP contribution in [0.2, 0.25) is 0 Å². The van der Waals surface area contributed by atoms with Gasteiger partial charge in [0, 0.05) is 126 Å². The van der Waals surface area contributed by atoms with Crippen molar-refractivity contribution in [1.29, 1.82) is 0 Å². The zero-order chi connectivity index (χ0) is 74.5. The Morgan fingerprint density at radius 2 is 0.529 bits per heavy atom. The van der Waals surface area contributed by atoms with E-state index in [1.54, 1.807) is 47.3 Å². The normalized spacial score (nSPS) is 29.6. The summed E-state index contributed by atoms with van der Waals surface area (Å²) >= 11 is 0. The van der Waals surface area contributed by atoms with Crippen LogP contribution in [0.15, 0.2) is 0 Å². The molecule has 36 heteroatoms. The van der Waals surface area contributed by atoms with Gasteiger partial charge in [-0.1, -0.05) is 0 Å². The van der Waals surface area contributed by atoms with E-state index in [1.165, 1.54) is 0 Å². The molecule has 12 heterocycles. The van der Waals surface area contributed by atoms with Crippen molar-refractivity contribution in [2.45, 2.75) is 203 Å². The molecule has 12 atom stereocenters. The molecule has 4 aromatic rings. The molecule has 0 spiro atoms. The number of nitrogens with zero attached hydrogens (tertiary/aromatic N) is 16. The van der Waals surface area contributed by atoms with E-state index in [4.69, 9.17) is 20.4 Å². The molecule has 0 saturated carbocycles. The highest BCUT2D eigenvalue weighted by molar-refractivity contribution is 5.70. The van der Waals surface area contributed by atoms with E-state index in [0.29, 0.717) is 124 Å². The largest absolute Gasteiger partial charge is 0.481 e. The minimum atomic E-state index is -3.01. The van der Waals surface area contributed by atoms with Gasteiger partial charge in [-0.3, -0.25) is 19.2 Å². The van der Waals surface area contributed by atoms with Crippen LogP contribution >= 0.6 is 0 Å². The molecule has 4 aromatic heterocycles. The fraction of sp³-hybridized carbons (Fsp3) is 0.706. The first kappa shape index (κ1) is 74.0. The number of anilines is 8. The van der Waals surface area contributed by atoms with E-state index < -0.39 is 96.4 Å². The molecule has 8 saturated heterocycles. The standard InChI is InChI=1S/4C17H21F3N4O2/c4*1-9-12(18)8-24(9)16-21-14-11(2-4-17(14,19)20)15(22-16)23-5-3-10(7-23)6-13(25)26/h4*9-10,12H,2-8H2,1H3,(H,25,26)/t2*9-,10+,12-;2*9-,10-,12-/m1010/s1. The summed E-state index contributed by atoms with van der Waals surface area (Å²) in [5.74, 6) is -13.2. The van der Waals surface area contributed by atoms with Crippen molar-refractivity contribution in [3.05, 3.63) is 45.0 Å². The second-order valence-electron chi connectivity index (χ2n) is 29.9. The Bertz CT molecular complexity index is 3470. The van der Waals surface area contributed by atoms with Gasteiger partial charge in [0.25, 0.3) is 23.7 Å². The average molecular weight is 1480 g/mol. The van der Waals surface area contributed by atoms with Crippen molar-refractivity contribution >= 4 is 70.9 Å². The Labute approximate surface area is 590 Å². The summed E-state index contributed by atoms with van der Waals surface area (Å²) in [6.07, 6.45) is -1.53. The highest BCUT2D eigenvalue weighted by atomic mass is 19.3. The van der Waals surface area contributed by atoms with Crippen molar-refractivity contribution in [1.82, 2.24) is 39.9 Å². The monoisotopic (exact) mass is 1480 g/mol. The molecule has 104 heavy (non-hydrogen) atoms. The first-order valence-electron chi connectivity index (χ1n) is 35.7. The third-order valence-corrected chi connectivity index (χ3v) is 22.8. The van der Waals surface area contributed by atoms with Crippen LogP contribution in [0, 0.1) is 23.7 Å². The van der Waals surface area contributed by atoms with Crippen LogP contribution in [0.1, 0.15) is 150 Å². The maximum atomic E-state index is 14.3. The minimum Gasteiger partial charge on any atom is -0.481 e. The first-order chi connectivity index (χ1) is 49.0. The lowest BCUT2D eigenvalue weighted by atomic mass is 10.0. The highest BCUT2D eigenvalue weighted by Gasteiger charge is 2.52. The third kappa shape index (κ3) is 14.5. The van der Waals surface area contributed by atoms with E-state index in [0.717, 1.165) is 0 Å². The van der Waals surface area contributed by atoms with E-state index in [9.17, 15) is 71.9 Å². The molecule has 4 aliphatic carbocycles. The molecule has 0 amide bonds. The molecule has 12 aliphatic rings. The molecule has 0 unspecified atom stereocenters. The molecule has 0 radical (unpaired) electrons. The lowest BCUT2D eigenvalue weighted by Gasteiger charge is -2.42. The Morgan fingerprint density at radius 1 is 0.337 bits per heavy atom. The third-order valence-electron chi connectivity index (χ3n) is 22.8. The molecule has 0 bridgehead atoms. The Morgan fingerprint density at radius 3 is 0.692 bits per heavy atom. The summed E-state index contributed by atoms with van der Waals surface area (Å²) in [5, 5.41) is 35.9. The Kier molecular flexibility index (Phi) is 20.1. The smallest absolute Gasteiger partial charge is 0.303 e. The van der Waals surface area contributed by atoms with Gasteiger partial charge in [0.1, 0.15) is 70.7 Å². The molecule has 4 N–H and O–H groups in total. The predicted octanol–water partition coefficient (Wildman–Crippen LogP) is 9.45.